The van der Waals surface area contributed by atoms with Crippen LogP contribution in [0.3, 0.4) is 0 Å². The molecular formula is C36H40N4O3S. The Balaban J connectivity index is 1.17. The van der Waals surface area contributed by atoms with Gasteiger partial charge >= 0.3 is 0 Å². The van der Waals surface area contributed by atoms with Crippen LogP contribution in [0.5, 0.6) is 0 Å². The first kappa shape index (κ1) is 28.9. The Morgan fingerprint density at radius 2 is 1.34 bits per heavy atom. The molecule has 2 fully saturated rings. The van der Waals surface area contributed by atoms with Gasteiger partial charge in [-0.25, -0.2) is 8.42 Å². The Hall–Kier alpha value is -3.88. The van der Waals surface area contributed by atoms with Gasteiger partial charge < -0.3 is 14.9 Å². The molecule has 2 aliphatic rings. The molecular weight excluding hydrogens is 568 g/mol. The van der Waals surface area contributed by atoms with E-state index in [0.29, 0.717) is 32.5 Å². The summed E-state index contributed by atoms with van der Waals surface area (Å²) in [7, 11) is -3.80. The van der Waals surface area contributed by atoms with Crippen LogP contribution in [0.2, 0.25) is 0 Å². The van der Waals surface area contributed by atoms with E-state index in [1.807, 2.05) is 29.2 Å². The fraction of sp³-hybridized carbons (Fsp3) is 0.361. The van der Waals surface area contributed by atoms with E-state index in [4.69, 9.17) is 0 Å². The maximum Gasteiger partial charge on any atom is 0.243 e. The lowest BCUT2D eigenvalue weighted by molar-refractivity contribution is -0.136. The molecule has 7 nitrogen and oxygen atoms in total. The zero-order chi connectivity index (χ0) is 30.7. The lowest BCUT2D eigenvalue weighted by Gasteiger charge is -2.43. The monoisotopic (exact) mass is 608 g/mol. The van der Waals surface area contributed by atoms with Crippen LogP contribution in [0.4, 0.5) is 0 Å². The summed E-state index contributed by atoms with van der Waals surface area (Å²) >= 11 is 0. The van der Waals surface area contributed by atoms with Gasteiger partial charge in [0.1, 0.15) is 6.04 Å². The molecule has 1 unspecified atom stereocenters. The van der Waals surface area contributed by atoms with Crippen molar-refractivity contribution in [2.45, 2.75) is 68.2 Å². The van der Waals surface area contributed by atoms with Crippen LogP contribution in [0.1, 0.15) is 63.1 Å². The van der Waals surface area contributed by atoms with Gasteiger partial charge in [0.2, 0.25) is 15.9 Å². The largest absolute Gasteiger partial charge is 0.361 e. The number of nitrogens with one attached hydrogen (secondary N) is 2. The first-order chi connectivity index (χ1) is 21.1. The van der Waals surface area contributed by atoms with E-state index in [1.54, 1.807) is 12.1 Å². The summed E-state index contributed by atoms with van der Waals surface area (Å²) in [5.41, 5.74) is 5.39. The average Bonchev–Trinajstić information content (AvgIpc) is 3.79. The van der Waals surface area contributed by atoms with Crippen molar-refractivity contribution in [3.8, 4) is 0 Å². The zero-order valence-electron chi connectivity index (χ0n) is 25.6. The number of benzene rings is 3. The van der Waals surface area contributed by atoms with Crippen LogP contribution in [-0.2, 0) is 25.6 Å². The summed E-state index contributed by atoms with van der Waals surface area (Å²) in [6.07, 6.45) is 7.00. The second-order valence-electron chi connectivity index (χ2n) is 13.5. The third kappa shape index (κ3) is 4.66. The highest BCUT2D eigenvalue weighted by Crippen LogP contribution is 2.47. The molecule has 0 bridgehead atoms. The fourth-order valence-electron chi connectivity index (χ4n) is 7.48. The van der Waals surface area contributed by atoms with Gasteiger partial charge in [0.25, 0.3) is 0 Å². The Kier molecular flexibility index (Phi) is 6.98. The lowest BCUT2D eigenvalue weighted by atomic mass is 9.68. The quantitative estimate of drug-likeness (QED) is 0.233. The molecule has 2 aliphatic heterocycles. The van der Waals surface area contributed by atoms with E-state index in [1.165, 1.54) is 26.2 Å². The molecule has 8 heteroatoms. The molecule has 2 saturated heterocycles. The number of carbonyl (C=O) groups excluding carboxylic acids is 1. The standard InChI is InChI=1S/C36H40N4O3S/c1-35(2,3)25-14-16-26(17-15-25)44(42,43)40-20-8-13-33(40)34(41)39-21-18-36(19-22-39,29-23-37-31-11-6-4-9-27(29)31)30-24-38-32-12-7-5-10-28(30)32/h4-7,9-12,14-17,23-24,33,37-38H,8,13,18-22H2,1-3H3. The number of amides is 1. The summed E-state index contributed by atoms with van der Waals surface area (Å²) in [6, 6.07) is 23.3. The highest BCUT2D eigenvalue weighted by atomic mass is 32.2. The lowest BCUT2D eigenvalue weighted by Crippen LogP contribution is -2.52. The van der Waals surface area contributed by atoms with Crippen molar-refractivity contribution in [2.75, 3.05) is 19.6 Å². The third-order valence-electron chi connectivity index (χ3n) is 9.95. The molecule has 44 heavy (non-hydrogen) atoms. The topological polar surface area (TPSA) is 89.3 Å². The van der Waals surface area contributed by atoms with Crippen LogP contribution in [0, 0.1) is 0 Å². The van der Waals surface area contributed by atoms with Crippen LogP contribution in [0.25, 0.3) is 21.8 Å². The van der Waals surface area contributed by atoms with Gasteiger partial charge in [-0.05, 0) is 72.1 Å². The highest BCUT2D eigenvalue weighted by molar-refractivity contribution is 7.89. The number of piperidine rings is 1. The molecule has 228 valence electrons. The number of likely N-dealkylation sites (tertiary alicyclic amines) is 1. The van der Waals surface area contributed by atoms with E-state index < -0.39 is 16.1 Å². The minimum atomic E-state index is -3.80. The number of hydrogen-bond acceptors (Lipinski definition) is 3. The number of nitrogens with zero attached hydrogens (tertiary/aromatic N) is 2. The molecule has 7 rings (SSSR count). The van der Waals surface area contributed by atoms with Crippen molar-refractivity contribution in [1.29, 1.82) is 0 Å². The molecule has 2 aromatic heterocycles. The van der Waals surface area contributed by atoms with Crippen LogP contribution < -0.4 is 0 Å². The van der Waals surface area contributed by atoms with Gasteiger partial charge in [-0.1, -0.05) is 69.3 Å². The number of rotatable bonds is 5. The number of hydrogen-bond donors (Lipinski definition) is 2. The van der Waals surface area contributed by atoms with E-state index in [9.17, 15) is 13.2 Å². The van der Waals surface area contributed by atoms with E-state index >= 15 is 0 Å². The second kappa shape index (κ2) is 10.6. The van der Waals surface area contributed by atoms with E-state index in [-0.39, 0.29) is 21.6 Å². The molecule has 0 aliphatic carbocycles. The summed E-state index contributed by atoms with van der Waals surface area (Å²) in [5, 5.41) is 2.39. The third-order valence-corrected chi connectivity index (χ3v) is 11.9. The van der Waals surface area contributed by atoms with Crippen molar-refractivity contribution >= 4 is 37.7 Å². The molecule has 0 saturated carbocycles. The minimum Gasteiger partial charge on any atom is -0.361 e. The van der Waals surface area contributed by atoms with Crippen molar-refractivity contribution in [2.24, 2.45) is 0 Å². The maximum absolute atomic E-state index is 14.1. The van der Waals surface area contributed by atoms with Gasteiger partial charge in [0, 0.05) is 59.2 Å². The predicted molar refractivity (Wildman–Crippen MR) is 175 cm³/mol. The van der Waals surface area contributed by atoms with Crippen molar-refractivity contribution < 1.29 is 13.2 Å². The van der Waals surface area contributed by atoms with Gasteiger partial charge in [-0.15, -0.1) is 0 Å². The summed E-state index contributed by atoms with van der Waals surface area (Å²) in [4.78, 5) is 23.2. The molecule has 2 N–H and O–H groups in total. The Labute approximate surface area is 259 Å². The first-order valence-electron chi connectivity index (χ1n) is 15.6. The number of aromatic amines is 2. The Morgan fingerprint density at radius 1 is 0.795 bits per heavy atom. The SMILES string of the molecule is CC(C)(C)c1ccc(S(=O)(=O)N2CCCC2C(=O)N2CCC(c3c[nH]c4ccccc34)(c3c[nH]c4ccccc34)CC2)cc1. The van der Waals surface area contributed by atoms with E-state index in [0.717, 1.165) is 29.4 Å². The zero-order valence-corrected chi connectivity index (χ0v) is 26.5. The number of aromatic nitrogens is 2. The molecule has 1 atom stereocenters. The van der Waals surface area contributed by atoms with Crippen LogP contribution >= 0.6 is 0 Å². The second-order valence-corrected chi connectivity index (χ2v) is 15.3. The highest BCUT2D eigenvalue weighted by Gasteiger charge is 2.46. The van der Waals surface area contributed by atoms with Gasteiger partial charge in [0.15, 0.2) is 0 Å². The summed E-state index contributed by atoms with van der Waals surface area (Å²) in [6.45, 7) is 7.80. The summed E-state index contributed by atoms with van der Waals surface area (Å²) in [5.74, 6) is -0.0798. The number of H-pyrrole nitrogens is 2. The predicted octanol–water partition coefficient (Wildman–Crippen LogP) is 6.71. The molecule has 5 aromatic rings. The molecule has 1 amide bonds. The molecule has 0 radical (unpaired) electrons. The molecule has 4 heterocycles. The molecule has 0 spiro atoms. The number of para-hydroxylation sites is 2. The van der Waals surface area contributed by atoms with Crippen molar-refractivity contribution in [1.82, 2.24) is 19.2 Å². The maximum atomic E-state index is 14.1. The van der Waals surface area contributed by atoms with E-state index in [2.05, 4.69) is 79.5 Å². The minimum absolute atomic E-state index is 0.0721. The summed E-state index contributed by atoms with van der Waals surface area (Å²) < 4.78 is 29.1. The smallest absolute Gasteiger partial charge is 0.243 e. The van der Waals surface area contributed by atoms with Gasteiger partial charge in [0.05, 0.1) is 4.90 Å². The first-order valence-corrected chi connectivity index (χ1v) is 17.1. The average molecular weight is 609 g/mol. The number of carbonyl (C=O) groups is 1. The van der Waals surface area contributed by atoms with Crippen LogP contribution in [-0.4, -0.2) is 59.2 Å². The van der Waals surface area contributed by atoms with Crippen LogP contribution in [0.15, 0.2) is 90.1 Å². The Morgan fingerprint density at radius 3 is 1.89 bits per heavy atom. The van der Waals surface area contributed by atoms with Gasteiger partial charge in [-0.2, -0.15) is 4.31 Å². The number of fused-ring (bicyclic) bond motifs is 2. The molecule has 3 aromatic carbocycles. The van der Waals surface area contributed by atoms with Crippen molar-refractivity contribution in [3.63, 3.8) is 0 Å². The van der Waals surface area contributed by atoms with Crippen molar-refractivity contribution in [3.05, 3.63) is 102 Å². The fourth-order valence-corrected chi connectivity index (χ4v) is 9.13. The normalized spacial score (nSPS) is 19.6. The van der Waals surface area contributed by atoms with Gasteiger partial charge in [-0.3, -0.25) is 4.79 Å². The Bertz CT molecular complexity index is 1860. The number of sulfonamides is 1.